The van der Waals surface area contributed by atoms with Gasteiger partial charge >= 0.3 is 0 Å². The molecule has 8 amide bonds. The maximum Gasteiger partial charge on any atom is 0.243 e. The van der Waals surface area contributed by atoms with Crippen LogP contribution in [-0.2, 0) is 54.4 Å². The van der Waals surface area contributed by atoms with Gasteiger partial charge in [0.25, 0.3) is 0 Å². The Morgan fingerprint density at radius 3 is 1.46 bits per heavy atom. The van der Waals surface area contributed by atoms with Gasteiger partial charge in [0.1, 0.15) is 12.1 Å². The minimum atomic E-state index is -1.57. The summed E-state index contributed by atoms with van der Waals surface area (Å²) in [6, 6.07) is 2.90. The molecule has 0 bridgehead atoms. The zero-order chi connectivity index (χ0) is 47.4. The summed E-state index contributed by atoms with van der Waals surface area (Å²) < 4.78 is 0. The van der Waals surface area contributed by atoms with Crippen LogP contribution >= 0.6 is 0 Å². The van der Waals surface area contributed by atoms with Gasteiger partial charge in [-0.25, -0.2) is 15.2 Å². The van der Waals surface area contributed by atoms with Crippen molar-refractivity contribution in [3.63, 3.8) is 0 Å². The number of rotatable bonds is 18. The van der Waals surface area contributed by atoms with Crippen LogP contribution in [0.2, 0.25) is 0 Å². The van der Waals surface area contributed by atoms with E-state index >= 15 is 0 Å². The third-order valence-electron chi connectivity index (χ3n) is 10.5. The number of nitrogens with one attached hydrogen (secondary N) is 4. The number of nitrogens with zero attached hydrogens (tertiary/aromatic N) is 3. The Labute approximate surface area is 366 Å². The fourth-order valence-electron chi connectivity index (χ4n) is 7.00. The van der Waals surface area contributed by atoms with E-state index in [-0.39, 0.29) is 76.9 Å². The van der Waals surface area contributed by atoms with E-state index in [1.807, 2.05) is 13.8 Å². The molecule has 1 heterocycles. The topological polar surface area (TPSA) is 315 Å². The van der Waals surface area contributed by atoms with Crippen molar-refractivity contribution in [2.75, 3.05) is 19.6 Å². The summed E-state index contributed by atoms with van der Waals surface area (Å²) in [7, 11) is 0. The number of Topliss-reactive ketones (excluding diaryl/α,β-unsaturated/α-hetero) is 2. The predicted molar refractivity (Wildman–Crippen MR) is 223 cm³/mol. The molecule has 1 saturated heterocycles. The van der Waals surface area contributed by atoms with Crippen LogP contribution < -0.4 is 27.0 Å². The van der Waals surface area contributed by atoms with Gasteiger partial charge in [0.05, 0.1) is 18.5 Å². The van der Waals surface area contributed by atoms with E-state index in [4.69, 9.17) is 5.73 Å². The highest BCUT2D eigenvalue weighted by Gasteiger charge is 2.36. The number of amides is 8. The van der Waals surface area contributed by atoms with E-state index in [1.54, 1.807) is 30.3 Å². The summed E-state index contributed by atoms with van der Waals surface area (Å²) in [5.41, 5.74) is 6.14. The van der Waals surface area contributed by atoms with Crippen molar-refractivity contribution in [3.05, 3.63) is 35.9 Å². The smallest absolute Gasteiger partial charge is 0.243 e. The minimum Gasteiger partial charge on any atom is -0.370 e. The normalized spacial score (nSPS) is 21.9. The van der Waals surface area contributed by atoms with E-state index in [9.17, 15) is 63.6 Å². The number of carbonyl (C=O) groups is 10. The van der Waals surface area contributed by atoms with Gasteiger partial charge in [-0.2, -0.15) is 0 Å². The van der Waals surface area contributed by atoms with Crippen LogP contribution in [0.4, 0.5) is 0 Å². The van der Waals surface area contributed by atoms with E-state index in [0.29, 0.717) is 20.8 Å². The molecule has 350 valence electrons. The Bertz CT molecular complexity index is 1780. The van der Waals surface area contributed by atoms with E-state index < -0.39 is 114 Å². The highest BCUT2D eigenvalue weighted by atomic mass is 16.5. The van der Waals surface area contributed by atoms with Crippen LogP contribution in [-0.4, -0.2) is 133 Å². The van der Waals surface area contributed by atoms with Gasteiger partial charge in [0, 0.05) is 65.1 Å². The predicted octanol–water partition coefficient (Wildman–Crippen LogP) is 0.308. The van der Waals surface area contributed by atoms with E-state index in [0.717, 1.165) is 20.8 Å². The molecule has 0 saturated carbocycles. The molecule has 21 heteroatoms. The quantitative estimate of drug-likeness (QED) is 0.0728. The van der Waals surface area contributed by atoms with Crippen LogP contribution in [0.3, 0.4) is 0 Å². The third kappa shape index (κ3) is 19.4. The molecule has 9 N–H and O–H groups in total. The van der Waals surface area contributed by atoms with Gasteiger partial charge in [-0.15, -0.1) is 0 Å². The molecular formula is C42H64N8O13. The summed E-state index contributed by atoms with van der Waals surface area (Å²) in [5, 5.41) is 41.7. The number of ketones is 2. The van der Waals surface area contributed by atoms with Crippen LogP contribution in [0.5, 0.6) is 0 Å². The Kier molecular flexibility index (Phi) is 22.5. The summed E-state index contributed by atoms with van der Waals surface area (Å²) in [6.07, 6.45) is -2.24. The highest BCUT2D eigenvalue weighted by Crippen LogP contribution is 2.21. The second-order valence-electron chi connectivity index (χ2n) is 16.3. The molecule has 6 unspecified atom stereocenters. The first-order chi connectivity index (χ1) is 29.6. The summed E-state index contributed by atoms with van der Waals surface area (Å²) in [4.78, 5) is 132. The molecule has 1 aromatic rings. The molecular weight excluding hydrogens is 825 g/mol. The fraction of sp³-hybridized carbons (Fsp3) is 0.619. The van der Waals surface area contributed by atoms with Crippen molar-refractivity contribution in [3.8, 4) is 0 Å². The molecule has 21 nitrogen and oxygen atoms in total. The Morgan fingerprint density at radius 2 is 1.00 bits per heavy atom. The SMILES string of the molecule is CC(=O)N(O)CCCC1CC(=O)C(Cc2ccccc2)NC(=O)C(CC(C)C)CC(=O)C(CC(N)=O)NC(=O)C(CCCN(O)C(C)=O)NC(=O)C(CCCN(O)C(C)=O)NC1=O. The number of hydrogen-bond acceptors (Lipinski definition) is 13. The second-order valence-corrected chi connectivity index (χ2v) is 16.3. The van der Waals surface area contributed by atoms with Crippen LogP contribution in [0, 0.1) is 17.8 Å². The second kappa shape index (κ2) is 26.6. The molecule has 1 aromatic carbocycles. The Morgan fingerprint density at radius 1 is 0.603 bits per heavy atom. The number of hydrogen-bond donors (Lipinski definition) is 8. The maximum atomic E-state index is 14.4. The molecule has 0 aliphatic carbocycles. The molecule has 1 aliphatic heterocycles. The lowest BCUT2D eigenvalue weighted by Gasteiger charge is -2.29. The molecule has 6 atom stereocenters. The van der Waals surface area contributed by atoms with Gasteiger partial charge in [-0.1, -0.05) is 44.2 Å². The van der Waals surface area contributed by atoms with Crippen LogP contribution in [0.1, 0.15) is 104 Å². The number of benzene rings is 1. The minimum absolute atomic E-state index is 0.0154. The van der Waals surface area contributed by atoms with Gasteiger partial charge in [0.15, 0.2) is 11.6 Å². The van der Waals surface area contributed by atoms with Crippen molar-refractivity contribution >= 4 is 58.8 Å². The lowest BCUT2D eigenvalue weighted by molar-refractivity contribution is -0.163. The van der Waals surface area contributed by atoms with Gasteiger partial charge in [-0.05, 0) is 62.8 Å². The summed E-state index contributed by atoms with van der Waals surface area (Å²) in [6.45, 7) is 6.17. The molecule has 2 rings (SSSR count). The maximum absolute atomic E-state index is 14.4. The number of hydroxylamine groups is 6. The molecule has 1 fully saturated rings. The lowest BCUT2D eigenvalue weighted by Crippen LogP contribution is -2.57. The average Bonchev–Trinajstić information content (AvgIpc) is 3.20. The van der Waals surface area contributed by atoms with Crippen molar-refractivity contribution < 1.29 is 63.6 Å². The Hall–Kier alpha value is -5.80. The van der Waals surface area contributed by atoms with Crippen molar-refractivity contribution in [1.29, 1.82) is 0 Å². The Balaban J connectivity index is 2.76. The molecule has 1 aliphatic rings. The largest absolute Gasteiger partial charge is 0.370 e. The molecule has 63 heavy (non-hydrogen) atoms. The average molecular weight is 889 g/mol. The van der Waals surface area contributed by atoms with Crippen molar-refractivity contribution in [2.24, 2.45) is 23.5 Å². The number of carbonyl (C=O) groups excluding carboxylic acids is 10. The van der Waals surface area contributed by atoms with Crippen molar-refractivity contribution in [1.82, 2.24) is 36.5 Å². The zero-order valence-electron chi connectivity index (χ0n) is 36.7. The number of nitrogens with two attached hydrogens (primary N) is 1. The first-order valence-corrected chi connectivity index (χ1v) is 21.1. The molecule has 0 spiro atoms. The van der Waals surface area contributed by atoms with Crippen molar-refractivity contribution in [2.45, 2.75) is 129 Å². The van der Waals surface area contributed by atoms with Crippen LogP contribution in [0.15, 0.2) is 30.3 Å². The summed E-state index contributed by atoms with van der Waals surface area (Å²) in [5.74, 6) is -10.2. The molecule has 0 aromatic heterocycles. The lowest BCUT2D eigenvalue weighted by atomic mass is 9.87. The van der Waals surface area contributed by atoms with E-state index in [1.165, 1.54) is 0 Å². The van der Waals surface area contributed by atoms with Gasteiger partial charge in [-0.3, -0.25) is 63.6 Å². The monoisotopic (exact) mass is 888 g/mol. The summed E-state index contributed by atoms with van der Waals surface area (Å²) >= 11 is 0. The van der Waals surface area contributed by atoms with Crippen LogP contribution in [0.25, 0.3) is 0 Å². The third-order valence-corrected chi connectivity index (χ3v) is 10.5. The standard InChI is InChI=1S/C42H64N8O13/c1-25(2)20-31-23-37(55)35(24-38(43)56)47-42(60)33(16-11-19-50(63)28(5)53)45-41(59)32(15-10-18-49(62)27(4)52)44-39(57)30(14-9-17-48(61)26(3)51)22-36(54)34(46-40(31)58)21-29-12-7-6-8-13-29/h6-8,12-13,25,30-35,61-63H,9-11,14-24H2,1-5H3,(H2,43,56)(H,44,57)(H,45,59)(H,46,58)(H,47,60). The zero-order valence-corrected chi connectivity index (χ0v) is 36.7. The van der Waals surface area contributed by atoms with Gasteiger partial charge in [0.2, 0.25) is 47.3 Å². The number of primary amides is 1. The first-order valence-electron chi connectivity index (χ1n) is 21.1. The van der Waals surface area contributed by atoms with E-state index in [2.05, 4.69) is 21.3 Å². The first kappa shape index (κ1) is 53.3. The van der Waals surface area contributed by atoms with Gasteiger partial charge < -0.3 is 27.0 Å². The molecule has 0 radical (unpaired) electrons. The highest BCUT2D eigenvalue weighted by molar-refractivity contribution is 5.99. The fourth-order valence-corrected chi connectivity index (χ4v) is 7.00.